The molecule has 0 fully saturated rings. The van der Waals surface area contributed by atoms with Gasteiger partial charge in [0.05, 0.1) is 10.8 Å². The Morgan fingerprint density at radius 2 is 2.00 bits per heavy atom. The van der Waals surface area contributed by atoms with Crippen LogP contribution < -0.4 is 10.3 Å². The second kappa shape index (κ2) is 6.32. The second-order valence-corrected chi connectivity index (χ2v) is 8.37. The minimum atomic E-state index is -3.81. The molecule has 23 heavy (non-hydrogen) atoms. The van der Waals surface area contributed by atoms with Gasteiger partial charge in [-0.05, 0) is 23.8 Å². The number of carbonyl (C=O) groups is 1. The van der Waals surface area contributed by atoms with Gasteiger partial charge in [0.15, 0.2) is 0 Å². The Balaban J connectivity index is 1.66. The van der Waals surface area contributed by atoms with Crippen LogP contribution in [-0.4, -0.2) is 19.3 Å². The highest BCUT2D eigenvalue weighted by Gasteiger charge is 2.18. The standard InChI is InChI=1S/C14H12ClN3O3S2/c15-12-5-6-14(22-12)23(20,21)18-17-13(19)7-9-8-16-11-4-2-1-3-10(9)11/h1-6,8,16,18H,7H2,(H,17,19). The van der Waals surface area contributed by atoms with Crippen LogP contribution in [0.15, 0.2) is 46.8 Å². The lowest BCUT2D eigenvalue weighted by molar-refractivity contribution is -0.120. The maximum atomic E-state index is 12.0. The van der Waals surface area contributed by atoms with Crippen LogP contribution in [0.2, 0.25) is 4.34 Å². The number of hydrogen-bond donors (Lipinski definition) is 3. The number of nitrogens with one attached hydrogen (secondary N) is 3. The SMILES string of the molecule is O=C(Cc1c[nH]c2ccccc12)NNS(=O)(=O)c1ccc(Cl)s1. The summed E-state index contributed by atoms with van der Waals surface area (Å²) in [5.41, 5.74) is 3.92. The molecule has 0 spiro atoms. The van der Waals surface area contributed by atoms with Gasteiger partial charge in [0.1, 0.15) is 4.21 Å². The van der Waals surface area contributed by atoms with Gasteiger partial charge in [-0.25, -0.2) is 8.42 Å². The molecule has 0 aliphatic carbocycles. The molecule has 3 N–H and O–H groups in total. The molecule has 2 heterocycles. The number of H-pyrrole nitrogens is 1. The van der Waals surface area contributed by atoms with Crippen LogP contribution >= 0.6 is 22.9 Å². The van der Waals surface area contributed by atoms with Gasteiger partial charge in [-0.1, -0.05) is 29.8 Å². The normalized spacial score (nSPS) is 11.7. The summed E-state index contributed by atoms with van der Waals surface area (Å²) in [4.78, 5) is 17.1. The molecule has 0 bridgehead atoms. The maximum absolute atomic E-state index is 12.0. The predicted molar refractivity (Wildman–Crippen MR) is 89.8 cm³/mol. The van der Waals surface area contributed by atoms with Crippen LogP contribution in [0.25, 0.3) is 10.9 Å². The molecule has 0 saturated heterocycles. The van der Waals surface area contributed by atoms with Crippen molar-refractivity contribution in [1.29, 1.82) is 0 Å². The van der Waals surface area contributed by atoms with E-state index in [0.717, 1.165) is 27.8 Å². The highest BCUT2D eigenvalue weighted by Crippen LogP contribution is 2.25. The molecule has 1 aromatic carbocycles. The van der Waals surface area contributed by atoms with E-state index in [-0.39, 0.29) is 10.6 Å². The number of aromatic nitrogens is 1. The summed E-state index contributed by atoms with van der Waals surface area (Å²) in [5.74, 6) is -0.457. The highest BCUT2D eigenvalue weighted by molar-refractivity contribution is 7.91. The summed E-state index contributed by atoms with van der Waals surface area (Å²) in [6, 6.07) is 10.4. The van der Waals surface area contributed by atoms with E-state index in [1.807, 2.05) is 24.3 Å². The quantitative estimate of drug-likeness (QED) is 0.603. The highest BCUT2D eigenvalue weighted by atomic mass is 35.5. The zero-order valence-electron chi connectivity index (χ0n) is 11.7. The molecule has 2 aromatic heterocycles. The molecule has 3 rings (SSSR count). The van der Waals surface area contributed by atoms with Gasteiger partial charge in [-0.2, -0.15) is 0 Å². The topological polar surface area (TPSA) is 91.1 Å². The number of amides is 1. The number of hydrogen-bond acceptors (Lipinski definition) is 4. The van der Waals surface area contributed by atoms with E-state index >= 15 is 0 Å². The Bertz CT molecular complexity index is 962. The maximum Gasteiger partial charge on any atom is 0.266 e. The van der Waals surface area contributed by atoms with Crippen molar-refractivity contribution in [3.63, 3.8) is 0 Å². The van der Waals surface area contributed by atoms with E-state index in [0.29, 0.717) is 4.34 Å². The summed E-state index contributed by atoms with van der Waals surface area (Å²) in [7, 11) is -3.81. The summed E-state index contributed by atoms with van der Waals surface area (Å²) in [6.45, 7) is 0. The van der Waals surface area contributed by atoms with E-state index < -0.39 is 15.9 Å². The zero-order valence-corrected chi connectivity index (χ0v) is 14.1. The van der Waals surface area contributed by atoms with Crippen molar-refractivity contribution < 1.29 is 13.2 Å². The number of carbonyl (C=O) groups excluding carboxylic acids is 1. The van der Waals surface area contributed by atoms with Crippen molar-refractivity contribution in [2.24, 2.45) is 0 Å². The minimum Gasteiger partial charge on any atom is -0.361 e. The van der Waals surface area contributed by atoms with Gasteiger partial charge < -0.3 is 4.98 Å². The largest absolute Gasteiger partial charge is 0.361 e. The molecule has 0 unspecified atom stereocenters. The lowest BCUT2D eigenvalue weighted by Crippen LogP contribution is -2.42. The summed E-state index contributed by atoms with van der Waals surface area (Å²) in [6.07, 6.45) is 1.79. The second-order valence-electron chi connectivity index (χ2n) is 4.75. The van der Waals surface area contributed by atoms with Gasteiger partial charge >= 0.3 is 0 Å². The van der Waals surface area contributed by atoms with Crippen molar-refractivity contribution in [3.8, 4) is 0 Å². The first-order valence-electron chi connectivity index (χ1n) is 6.57. The monoisotopic (exact) mass is 369 g/mol. The molecule has 0 saturated carbocycles. The van der Waals surface area contributed by atoms with Crippen molar-refractivity contribution in [3.05, 3.63) is 52.5 Å². The number of fused-ring (bicyclic) bond motifs is 1. The third-order valence-corrected chi connectivity index (χ3v) is 6.13. The van der Waals surface area contributed by atoms with Gasteiger partial charge in [0.2, 0.25) is 5.91 Å². The number of para-hydroxylation sites is 1. The molecule has 0 aliphatic rings. The van der Waals surface area contributed by atoms with Crippen LogP contribution in [0.4, 0.5) is 0 Å². The molecule has 0 radical (unpaired) electrons. The first-order valence-corrected chi connectivity index (χ1v) is 9.24. The van der Waals surface area contributed by atoms with E-state index in [1.54, 1.807) is 6.20 Å². The molecule has 120 valence electrons. The van der Waals surface area contributed by atoms with Gasteiger partial charge in [0.25, 0.3) is 10.0 Å². The molecular formula is C14H12ClN3O3S2. The number of thiophene rings is 1. The number of sulfonamides is 1. The molecule has 0 atom stereocenters. The third kappa shape index (κ3) is 3.56. The van der Waals surface area contributed by atoms with Crippen molar-refractivity contribution in [2.75, 3.05) is 0 Å². The Morgan fingerprint density at radius 1 is 1.22 bits per heavy atom. The predicted octanol–water partition coefficient (Wildman–Crippen LogP) is 2.44. The van der Waals surface area contributed by atoms with Gasteiger partial charge in [-0.3, -0.25) is 10.2 Å². The molecular weight excluding hydrogens is 358 g/mol. The van der Waals surface area contributed by atoms with Crippen LogP contribution in [0.3, 0.4) is 0 Å². The minimum absolute atomic E-state index is 0.0369. The van der Waals surface area contributed by atoms with Crippen LogP contribution in [0.5, 0.6) is 0 Å². The lowest BCUT2D eigenvalue weighted by atomic mass is 10.1. The summed E-state index contributed by atoms with van der Waals surface area (Å²) < 4.78 is 24.4. The van der Waals surface area contributed by atoms with E-state index in [2.05, 4.69) is 15.2 Å². The first kappa shape index (κ1) is 16.0. The van der Waals surface area contributed by atoms with Crippen molar-refractivity contribution in [1.82, 2.24) is 15.2 Å². The molecule has 9 heteroatoms. The summed E-state index contributed by atoms with van der Waals surface area (Å²) in [5, 5.41) is 0.926. The smallest absolute Gasteiger partial charge is 0.266 e. The van der Waals surface area contributed by atoms with E-state index in [9.17, 15) is 13.2 Å². The first-order chi connectivity index (χ1) is 11.0. The average Bonchev–Trinajstić information content (AvgIpc) is 3.13. The number of rotatable bonds is 5. The average molecular weight is 370 g/mol. The lowest BCUT2D eigenvalue weighted by Gasteiger charge is -2.06. The van der Waals surface area contributed by atoms with Crippen LogP contribution in [0, 0.1) is 0 Å². The van der Waals surface area contributed by atoms with E-state index in [1.165, 1.54) is 12.1 Å². The molecule has 1 amide bonds. The fourth-order valence-electron chi connectivity index (χ4n) is 2.11. The fraction of sp³-hybridized carbons (Fsp3) is 0.0714. The molecule has 0 aliphatic heterocycles. The van der Waals surface area contributed by atoms with E-state index in [4.69, 9.17) is 11.6 Å². The number of halogens is 1. The van der Waals surface area contributed by atoms with Crippen LogP contribution in [0.1, 0.15) is 5.56 Å². The van der Waals surface area contributed by atoms with Crippen LogP contribution in [-0.2, 0) is 21.2 Å². The van der Waals surface area contributed by atoms with Gasteiger partial charge in [0, 0.05) is 17.1 Å². The summed E-state index contributed by atoms with van der Waals surface area (Å²) >= 11 is 6.63. The zero-order chi connectivity index (χ0) is 16.4. The number of hydrazine groups is 1. The number of aromatic amines is 1. The number of benzene rings is 1. The van der Waals surface area contributed by atoms with Gasteiger partial charge in [-0.15, -0.1) is 16.2 Å². The van der Waals surface area contributed by atoms with Crippen molar-refractivity contribution in [2.45, 2.75) is 10.6 Å². The Hall–Kier alpha value is -1.87. The van der Waals surface area contributed by atoms with Crippen molar-refractivity contribution >= 4 is 49.8 Å². The Morgan fingerprint density at radius 3 is 2.74 bits per heavy atom. The Labute approximate surface area is 141 Å². The fourth-order valence-corrected chi connectivity index (χ4v) is 4.45. The third-order valence-electron chi connectivity index (χ3n) is 3.16. The Kier molecular flexibility index (Phi) is 4.40. The molecule has 6 nitrogen and oxygen atoms in total. The molecule has 3 aromatic rings.